The van der Waals surface area contributed by atoms with E-state index in [0.717, 1.165) is 0 Å². The number of aliphatic imine (C=N–C) groups is 1. The highest BCUT2D eigenvalue weighted by Gasteiger charge is 2.15. The van der Waals surface area contributed by atoms with Crippen LogP contribution < -0.4 is 5.84 Å². The summed E-state index contributed by atoms with van der Waals surface area (Å²) in [5.41, 5.74) is 0. The van der Waals surface area contributed by atoms with Crippen molar-refractivity contribution in [2.75, 3.05) is 27.4 Å². The minimum atomic E-state index is -0.516. The Morgan fingerprint density at radius 1 is 1.50 bits per heavy atom. The molecule has 0 aromatic heterocycles. The van der Waals surface area contributed by atoms with Crippen LogP contribution in [0.25, 0.3) is 0 Å². The number of hydrogen-bond acceptors (Lipinski definition) is 6. The summed E-state index contributed by atoms with van der Waals surface area (Å²) in [7, 11) is 3.14. The molecule has 0 bridgehead atoms. The first-order chi connectivity index (χ1) is 6.77. The van der Waals surface area contributed by atoms with E-state index < -0.39 is 6.35 Å². The predicted octanol–water partition coefficient (Wildman–Crippen LogP) is -0.319. The largest absolute Gasteiger partial charge is 0.475 e. The van der Waals surface area contributed by atoms with Gasteiger partial charge in [-0.3, -0.25) is 5.01 Å². The molecule has 1 atom stereocenters. The fraction of sp³-hybridized carbons (Fsp3) is 0.625. The summed E-state index contributed by atoms with van der Waals surface area (Å²) in [6.07, 6.45) is 2.80. The third-order valence-electron chi connectivity index (χ3n) is 1.63. The van der Waals surface area contributed by atoms with Crippen LogP contribution in [-0.2, 0) is 14.2 Å². The molecular formula is C8H15N3O3. The molecular weight excluding hydrogens is 186 g/mol. The molecule has 6 heteroatoms. The van der Waals surface area contributed by atoms with Crippen LogP contribution in [0.1, 0.15) is 0 Å². The van der Waals surface area contributed by atoms with Crippen molar-refractivity contribution in [2.45, 2.75) is 6.35 Å². The van der Waals surface area contributed by atoms with Crippen LogP contribution in [0, 0.1) is 0 Å². The Hall–Kier alpha value is -1.11. The highest BCUT2D eigenvalue weighted by atomic mass is 16.5. The predicted molar refractivity (Wildman–Crippen MR) is 51.2 cm³/mol. The van der Waals surface area contributed by atoms with Crippen molar-refractivity contribution in [1.82, 2.24) is 5.01 Å². The van der Waals surface area contributed by atoms with E-state index in [2.05, 4.69) is 4.99 Å². The van der Waals surface area contributed by atoms with Gasteiger partial charge >= 0.3 is 0 Å². The molecule has 0 amide bonds. The fourth-order valence-corrected chi connectivity index (χ4v) is 0.931. The normalized spacial score (nSPS) is 20.9. The van der Waals surface area contributed by atoms with Gasteiger partial charge in [0.05, 0.1) is 6.61 Å². The molecule has 0 aromatic rings. The molecule has 0 fully saturated rings. The Morgan fingerprint density at radius 2 is 2.29 bits per heavy atom. The van der Waals surface area contributed by atoms with Gasteiger partial charge in [-0.1, -0.05) is 0 Å². The summed E-state index contributed by atoms with van der Waals surface area (Å²) in [4.78, 5) is 4.08. The van der Waals surface area contributed by atoms with Gasteiger partial charge in [-0.25, -0.2) is 5.84 Å². The molecule has 0 radical (unpaired) electrons. The summed E-state index contributed by atoms with van der Waals surface area (Å²) in [5.74, 6) is 6.04. The molecule has 0 spiro atoms. The van der Waals surface area contributed by atoms with Gasteiger partial charge in [-0.15, -0.1) is 0 Å². The molecule has 6 nitrogen and oxygen atoms in total. The topological polar surface area (TPSA) is 69.3 Å². The summed E-state index contributed by atoms with van der Waals surface area (Å²) in [6.45, 7) is 0.984. The molecule has 1 aliphatic rings. The highest BCUT2D eigenvalue weighted by Crippen LogP contribution is 2.05. The van der Waals surface area contributed by atoms with Crippen molar-refractivity contribution in [3.05, 3.63) is 12.3 Å². The SMILES string of the molecule is COCCOC1=NC(OC)N(N)C=C1. The van der Waals surface area contributed by atoms with E-state index in [4.69, 9.17) is 20.1 Å². The molecule has 2 N–H and O–H groups in total. The van der Waals surface area contributed by atoms with Crippen LogP contribution in [0.4, 0.5) is 0 Å². The molecule has 80 valence electrons. The zero-order chi connectivity index (χ0) is 10.4. The second-order valence-electron chi connectivity index (χ2n) is 2.63. The summed E-state index contributed by atoms with van der Waals surface area (Å²) < 4.78 is 15.1. The lowest BCUT2D eigenvalue weighted by Crippen LogP contribution is -2.39. The van der Waals surface area contributed by atoms with Crippen LogP contribution in [0.2, 0.25) is 0 Å². The lowest BCUT2D eigenvalue weighted by Gasteiger charge is -2.24. The number of nitrogens with zero attached hydrogens (tertiary/aromatic N) is 2. The minimum absolute atomic E-state index is 0.459. The van der Waals surface area contributed by atoms with Gasteiger partial charge in [0.1, 0.15) is 6.61 Å². The molecule has 1 rings (SSSR count). The average Bonchev–Trinajstić information content (AvgIpc) is 2.21. The maximum atomic E-state index is 5.54. The molecule has 0 aliphatic carbocycles. The lowest BCUT2D eigenvalue weighted by molar-refractivity contribution is -0.00298. The first kappa shape index (κ1) is 11.0. The van der Waals surface area contributed by atoms with Crippen molar-refractivity contribution >= 4 is 5.90 Å². The monoisotopic (exact) mass is 201 g/mol. The number of hydrogen-bond donors (Lipinski definition) is 1. The Labute approximate surface area is 82.9 Å². The lowest BCUT2D eigenvalue weighted by atomic mass is 10.5. The summed E-state index contributed by atoms with van der Waals surface area (Å²) in [5, 5.41) is 1.35. The quantitative estimate of drug-likeness (QED) is 0.498. The van der Waals surface area contributed by atoms with E-state index in [-0.39, 0.29) is 0 Å². The maximum absolute atomic E-state index is 5.54. The van der Waals surface area contributed by atoms with Crippen LogP contribution in [-0.4, -0.2) is 44.7 Å². The van der Waals surface area contributed by atoms with Gasteiger partial charge in [0, 0.05) is 26.5 Å². The standard InChI is InChI=1S/C8H15N3O3/c1-12-5-6-14-7-3-4-11(9)8(10-7)13-2/h3-4,8H,5-6,9H2,1-2H3. The van der Waals surface area contributed by atoms with Gasteiger partial charge in [0.2, 0.25) is 12.2 Å². The Balaban J connectivity index is 2.41. The van der Waals surface area contributed by atoms with Gasteiger partial charge < -0.3 is 14.2 Å². The first-order valence-corrected chi connectivity index (χ1v) is 4.21. The van der Waals surface area contributed by atoms with Crippen molar-refractivity contribution < 1.29 is 14.2 Å². The van der Waals surface area contributed by atoms with Gasteiger partial charge in [0.25, 0.3) is 0 Å². The number of ether oxygens (including phenoxy) is 3. The summed E-state index contributed by atoms with van der Waals surface area (Å²) >= 11 is 0. The van der Waals surface area contributed by atoms with Crippen molar-refractivity contribution in [2.24, 2.45) is 10.8 Å². The Bertz CT molecular complexity index is 230. The molecule has 1 aliphatic heterocycles. The van der Waals surface area contributed by atoms with Crippen LogP contribution in [0.5, 0.6) is 0 Å². The van der Waals surface area contributed by atoms with E-state index in [0.29, 0.717) is 19.1 Å². The number of nitrogens with two attached hydrogens (primary N) is 1. The van der Waals surface area contributed by atoms with Crippen molar-refractivity contribution in [1.29, 1.82) is 0 Å². The third kappa shape index (κ3) is 2.99. The minimum Gasteiger partial charge on any atom is -0.475 e. The molecule has 1 heterocycles. The highest BCUT2D eigenvalue weighted by molar-refractivity contribution is 5.88. The third-order valence-corrected chi connectivity index (χ3v) is 1.63. The Morgan fingerprint density at radius 3 is 2.93 bits per heavy atom. The molecule has 0 saturated heterocycles. The molecule has 0 aromatic carbocycles. The van der Waals surface area contributed by atoms with Crippen LogP contribution in [0.3, 0.4) is 0 Å². The van der Waals surface area contributed by atoms with Gasteiger partial charge in [0.15, 0.2) is 0 Å². The van der Waals surface area contributed by atoms with Crippen molar-refractivity contribution in [3.63, 3.8) is 0 Å². The summed E-state index contributed by atoms with van der Waals surface area (Å²) in [6, 6.07) is 0. The van der Waals surface area contributed by atoms with E-state index in [9.17, 15) is 0 Å². The van der Waals surface area contributed by atoms with Crippen LogP contribution >= 0.6 is 0 Å². The molecule has 1 unspecified atom stereocenters. The van der Waals surface area contributed by atoms with Crippen molar-refractivity contribution in [3.8, 4) is 0 Å². The zero-order valence-corrected chi connectivity index (χ0v) is 8.34. The van der Waals surface area contributed by atoms with E-state index in [1.165, 1.54) is 12.1 Å². The number of rotatable bonds is 4. The Kier molecular flexibility index (Phi) is 4.37. The smallest absolute Gasteiger partial charge is 0.244 e. The van der Waals surface area contributed by atoms with Gasteiger partial charge in [-0.05, 0) is 0 Å². The van der Waals surface area contributed by atoms with Gasteiger partial charge in [-0.2, -0.15) is 4.99 Å². The fourth-order valence-electron chi connectivity index (χ4n) is 0.931. The van der Waals surface area contributed by atoms with E-state index in [1.807, 2.05) is 0 Å². The van der Waals surface area contributed by atoms with Crippen LogP contribution in [0.15, 0.2) is 17.3 Å². The average molecular weight is 201 g/mol. The number of methoxy groups -OCH3 is 2. The molecule has 14 heavy (non-hydrogen) atoms. The first-order valence-electron chi connectivity index (χ1n) is 4.21. The second kappa shape index (κ2) is 5.58. The van der Waals surface area contributed by atoms with E-state index in [1.54, 1.807) is 19.4 Å². The zero-order valence-electron chi connectivity index (χ0n) is 8.34. The second-order valence-corrected chi connectivity index (χ2v) is 2.63. The van der Waals surface area contributed by atoms with E-state index >= 15 is 0 Å². The molecule has 0 saturated carbocycles. The maximum Gasteiger partial charge on any atom is 0.244 e. The number of hydrazine groups is 1.